The highest BCUT2D eigenvalue weighted by Crippen LogP contribution is 2.40. The van der Waals surface area contributed by atoms with Gasteiger partial charge in [0.05, 0.1) is 21.5 Å². The highest BCUT2D eigenvalue weighted by molar-refractivity contribution is 6.37. The van der Waals surface area contributed by atoms with E-state index in [-0.39, 0.29) is 6.23 Å². The van der Waals surface area contributed by atoms with Crippen LogP contribution in [0.4, 0.5) is 0 Å². The van der Waals surface area contributed by atoms with E-state index >= 15 is 0 Å². The molecule has 166 valence electrons. The van der Waals surface area contributed by atoms with Gasteiger partial charge < -0.3 is 29.4 Å². The minimum Gasteiger partial charge on any atom is -0.454 e. The Kier molecular flexibility index (Phi) is 9.87. The van der Waals surface area contributed by atoms with Crippen molar-refractivity contribution in [1.29, 1.82) is 0 Å². The molecule has 1 unspecified atom stereocenters. The first-order chi connectivity index (χ1) is 14.8. The molecule has 0 aliphatic heterocycles. The first-order valence-electron chi connectivity index (χ1n) is 9.12. The van der Waals surface area contributed by atoms with Crippen LogP contribution >= 0.6 is 34.8 Å². The van der Waals surface area contributed by atoms with Crippen LogP contribution in [0.15, 0.2) is 55.1 Å². The van der Waals surface area contributed by atoms with Gasteiger partial charge in [-0.05, 0) is 42.3 Å². The molecule has 0 fully saturated rings. The van der Waals surface area contributed by atoms with Gasteiger partial charge >= 0.3 is 0 Å². The molecule has 0 spiro atoms. The summed E-state index contributed by atoms with van der Waals surface area (Å²) in [6.45, 7) is 2.71. The maximum Gasteiger partial charge on any atom is 0.164 e. The molecule has 0 amide bonds. The van der Waals surface area contributed by atoms with Crippen LogP contribution in [0, 0.1) is 15.3 Å². The van der Waals surface area contributed by atoms with Gasteiger partial charge in [-0.15, -0.1) is 0 Å². The molecule has 0 aliphatic carbocycles. The van der Waals surface area contributed by atoms with E-state index in [4.69, 9.17) is 59.6 Å². The summed E-state index contributed by atoms with van der Waals surface area (Å²) < 4.78 is 13.8. The zero-order valence-corrected chi connectivity index (χ0v) is 18.7. The molecule has 3 rings (SSSR count). The topological polar surface area (TPSA) is 102 Å². The quantitative estimate of drug-likeness (QED) is 0.263. The Morgan fingerprint density at radius 1 is 1.13 bits per heavy atom. The van der Waals surface area contributed by atoms with Crippen molar-refractivity contribution < 1.29 is 14.6 Å². The molecule has 0 saturated heterocycles. The van der Waals surface area contributed by atoms with Crippen LogP contribution in [0.1, 0.15) is 25.1 Å². The fourth-order valence-corrected chi connectivity index (χ4v) is 3.23. The highest BCUT2D eigenvalue weighted by atomic mass is 35.5. The van der Waals surface area contributed by atoms with E-state index < -0.39 is 5.09 Å². The summed E-state index contributed by atoms with van der Waals surface area (Å²) in [6, 6.07) is 10.7. The second kappa shape index (κ2) is 12.4. The largest absolute Gasteiger partial charge is 0.454 e. The maximum absolute atomic E-state index is 8.25. The Balaban J connectivity index is 0.000000785. The van der Waals surface area contributed by atoms with E-state index in [0.29, 0.717) is 39.6 Å². The van der Waals surface area contributed by atoms with Gasteiger partial charge in [0.1, 0.15) is 12.0 Å². The number of imidazole rings is 1. The molecule has 1 atom stereocenters. The van der Waals surface area contributed by atoms with Crippen LogP contribution < -0.4 is 4.74 Å². The molecule has 0 N–H and O–H groups in total. The van der Waals surface area contributed by atoms with Crippen LogP contribution in [0.3, 0.4) is 0 Å². The van der Waals surface area contributed by atoms with Crippen molar-refractivity contribution in [3.05, 3.63) is 91.1 Å². The summed E-state index contributed by atoms with van der Waals surface area (Å²) in [7, 11) is 0. The molecule has 0 bridgehead atoms. The Morgan fingerprint density at radius 3 is 2.39 bits per heavy atom. The van der Waals surface area contributed by atoms with Gasteiger partial charge in [-0.2, -0.15) is 0 Å². The molecular weight excluding hydrogens is 469 g/mol. The fourth-order valence-electron chi connectivity index (χ4n) is 2.58. The lowest BCUT2D eigenvalue weighted by Gasteiger charge is -2.21. The molecule has 0 radical (unpaired) electrons. The number of benzene rings is 2. The van der Waals surface area contributed by atoms with Crippen LogP contribution in [0.2, 0.25) is 15.1 Å². The van der Waals surface area contributed by atoms with E-state index in [0.717, 1.165) is 12.0 Å². The maximum atomic E-state index is 8.25. The first-order valence-corrected chi connectivity index (χ1v) is 10.3. The molecule has 11 heteroatoms. The number of nitrogens with zero attached hydrogens (tertiary/aromatic N) is 3. The third-order valence-electron chi connectivity index (χ3n) is 3.93. The number of halogens is 3. The lowest BCUT2D eigenvalue weighted by molar-refractivity contribution is -0.402. The van der Waals surface area contributed by atoms with Crippen molar-refractivity contribution in [1.82, 2.24) is 9.55 Å². The monoisotopic (exact) mass is 486 g/mol. The van der Waals surface area contributed by atoms with Crippen molar-refractivity contribution >= 4 is 34.8 Å². The first kappa shape index (κ1) is 24.7. The van der Waals surface area contributed by atoms with Crippen molar-refractivity contribution in [3.8, 4) is 11.5 Å². The van der Waals surface area contributed by atoms with Gasteiger partial charge in [0, 0.05) is 30.4 Å². The number of hydrogen-bond acceptors (Lipinski definition) is 6. The van der Waals surface area contributed by atoms with Gasteiger partial charge in [0.15, 0.2) is 5.75 Å². The van der Waals surface area contributed by atoms with E-state index in [1.807, 2.05) is 16.8 Å². The fraction of sp³-hybridized carbons (Fsp3) is 0.250. The average molecular weight is 488 g/mol. The van der Waals surface area contributed by atoms with Gasteiger partial charge in [-0.3, -0.25) is 0 Å². The van der Waals surface area contributed by atoms with Gasteiger partial charge in [0.2, 0.25) is 0 Å². The van der Waals surface area contributed by atoms with Crippen LogP contribution in [0.5, 0.6) is 11.5 Å². The minimum absolute atomic E-state index is 0.213. The number of rotatable bonds is 8. The number of aromatic nitrogens is 2. The van der Waals surface area contributed by atoms with Crippen LogP contribution in [0.25, 0.3) is 0 Å². The van der Waals surface area contributed by atoms with E-state index in [1.165, 1.54) is 0 Å². The summed E-state index contributed by atoms with van der Waals surface area (Å²) in [5, 5.41) is 16.3. The lowest BCUT2D eigenvalue weighted by Crippen LogP contribution is -2.15. The van der Waals surface area contributed by atoms with E-state index in [2.05, 4.69) is 11.9 Å². The van der Waals surface area contributed by atoms with E-state index in [1.54, 1.807) is 42.9 Å². The Labute approximate surface area is 194 Å². The standard InChI is InChI=1S/C20H19Cl3N2O2.NO3/c1-2-11-26-18(25-10-9-24-13-25)12-14-3-8-17(22)20(19(14)23)27-16-6-4-15(21)5-7-16;2-1(3)4/h3-10,13,18H,2,11-12H2,1H3;/q;-1. The zero-order chi connectivity index (χ0) is 22.8. The van der Waals surface area contributed by atoms with Gasteiger partial charge in [-0.25, -0.2) is 4.98 Å². The van der Waals surface area contributed by atoms with Crippen molar-refractivity contribution in [2.75, 3.05) is 6.61 Å². The molecule has 31 heavy (non-hydrogen) atoms. The van der Waals surface area contributed by atoms with Crippen molar-refractivity contribution in [3.63, 3.8) is 0 Å². The van der Waals surface area contributed by atoms with Crippen LogP contribution in [-0.4, -0.2) is 21.2 Å². The summed E-state index contributed by atoms with van der Waals surface area (Å²) in [6.07, 6.45) is 6.59. The third-order valence-corrected chi connectivity index (χ3v) is 4.89. The van der Waals surface area contributed by atoms with Gasteiger partial charge in [-0.1, -0.05) is 47.8 Å². The normalized spacial score (nSPS) is 11.4. The Hall–Kier alpha value is -2.52. The zero-order valence-electron chi connectivity index (χ0n) is 16.4. The number of ether oxygens (including phenoxy) is 2. The van der Waals surface area contributed by atoms with Crippen LogP contribution in [-0.2, 0) is 11.2 Å². The predicted molar refractivity (Wildman–Crippen MR) is 120 cm³/mol. The third kappa shape index (κ3) is 7.91. The lowest BCUT2D eigenvalue weighted by atomic mass is 10.1. The molecule has 1 aromatic heterocycles. The van der Waals surface area contributed by atoms with Crippen molar-refractivity contribution in [2.45, 2.75) is 26.0 Å². The molecule has 3 aromatic rings. The Bertz CT molecular complexity index is 965. The molecule has 8 nitrogen and oxygen atoms in total. The molecule has 0 aliphatic rings. The molecule has 2 aromatic carbocycles. The summed E-state index contributed by atoms with van der Waals surface area (Å²) in [4.78, 5) is 12.4. The average Bonchev–Trinajstić information content (AvgIpc) is 3.26. The summed E-state index contributed by atoms with van der Waals surface area (Å²) >= 11 is 18.9. The van der Waals surface area contributed by atoms with Crippen molar-refractivity contribution in [2.24, 2.45) is 0 Å². The molecule has 0 saturated carbocycles. The minimum atomic E-state index is -1.75. The highest BCUT2D eigenvalue weighted by Gasteiger charge is 2.18. The second-order valence-corrected chi connectivity index (χ2v) is 7.39. The Morgan fingerprint density at radius 2 is 1.81 bits per heavy atom. The smallest absolute Gasteiger partial charge is 0.164 e. The predicted octanol–water partition coefficient (Wildman–Crippen LogP) is 6.56. The summed E-state index contributed by atoms with van der Waals surface area (Å²) in [5.74, 6) is 1.02. The SMILES string of the molecule is CCCOC(Cc1ccc(Cl)c(Oc2ccc(Cl)cc2)c1Cl)n1ccnc1.O=[N+]([O-])[O-]. The summed E-state index contributed by atoms with van der Waals surface area (Å²) in [5.41, 5.74) is 0.875. The second-order valence-electron chi connectivity index (χ2n) is 6.17. The molecule has 1 heterocycles. The number of hydrogen-bond donors (Lipinski definition) is 0. The molecular formula is C20H19Cl3N3O5-. The van der Waals surface area contributed by atoms with E-state index in [9.17, 15) is 0 Å². The van der Waals surface area contributed by atoms with Gasteiger partial charge in [0.25, 0.3) is 0 Å².